The molecule has 1 atom stereocenters. The molecule has 1 aliphatic rings. The van der Waals surface area contributed by atoms with Gasteiger partial charge in [-0.25, -0.2) is 0 Å². The number of carbonyl (C=O) groups excluding carboxylic acids is 1. The monoisotopic (exact) mass is 324 g/mol. The maximum Gasteiger partial charge on any atom is 0.253 e. The van der Waals surface area contributed by atoms with Crippen molar-refractivity contribution in [3.63, 3.8) is 0 Å². The van der Waals surface area contributed by atoms with E-state index >= 15 is 0 Å². The summed E-state index contributed by atoms with van der Waals surface area (Å²) >= 11 is 3.38. The quantitative estimate of drug-likeness (QED) is 0.923. The molecule has 104 valence electrons. The maximum atomic E-state index is 12.2. The van der Waals surface area contributed by atoms with Crippen LogP contribution in [-0.4, -0.2) is 37.5 Å². The van der Waals surface area contributed by atoms with Crippen LogP contribution in [0.25, 0.3) is 0 Å². The average molecular weight is 325 g/mol. The number of nitrogens with zero attached hydrogens (tertiary/aromatic N) is 1. The zero-order valence-electron chi connectivity index (χ0n) is 11.4. The Labute approximate surface area is 123 Å². The Morgan fingerprint density at radius 3 is 2.79 bits per heavy atom. The fourth-order valence-electron chi connectivity index (χ4n) is 2.46. The van der Waals surface area contributed by atoms with Crippen molar-refractivity contribution in [2.24, 2.45) is 5.92 Å². The minimum absolute atomic E-state index is 0.108. The van der Waals surface area contributed by atoms with Gasteiger partial charge in [0.05, 0.1) is 0 Å². The highest BCUT2D eigenvalue weighted by atomic mass is 79.9. The fraction of sp³-hybridized carbons (Fsp3) is 0.533. The second kappa shape index (κ2) is 7.06. The average Bonchev–Trinajstić information content (AvgIpc) is 2.46. The standard InChI is InChI=1S/C15H21BrN2O/c1-18(10-8-12-3-2-9-17-11-12)15(19)13-4-6-14(16)7-5-13/h4-7,12,17H,2-3,8-11H2,1H3. The van der Waals surface area contributed by atoms with Crippen molar-refractivity contribution < 1.29 is 4.79 Å². The molecule has 1 heterocycles. The van der Waals surface area contributed by atoms with Crippen LogP contribution in [0.5, 0.6) is 0 Å². The number of nitrogens with one attached hydrogen (secondary N) is 1. The second-order valence-corrected chi connectivity index (χ2v) is 6.15. The lowest BCUT2D eigenvalue weighted by molar-refractivity contribution is 0.0785. The number of piperidine rings is 1. The molecule has 0 aromatic heterocycles. The lowest BCUT2D eigenvalue weighted by Crippen LogP contribution is -2.34. The van der Waals surface area contributed by atoms with Gasteiger partial charge in [0.25, 0.3) is 5.91 Å². The van der Waals surface area contributed by atoms with E-state index < -0.39 is 0 Å². The predicted molar refractivity (Wildman–Crippen MR) is 81.3 cm³/mol. The van der Waals surface area contributed by atoms with Gasteiger partial charge in [-0.3, -0.25) is 4.79 Å². The van der Waals surface area contributed by atoms with E-state index in [1.54, 1.807) is 0 Å². The smallest absolute Gasteiger partial charge is 0.253 e. The minimum Gasteiger partial charge on any atom is -0.342 e. The highest BCUT2D eigenvalue weighted by Gasteiger charge is 2.16. The van der Waals surface area contributed by atoms with E-state index in [0.717, 1.165) is 36.1 Å². The third kappa shape index (κ3) is 4.32. The van der Waals surface area contributed by atoms with E-state index in [1.807, 2.05) is 36.2 Å². The Bertz CT molecular complexity index is 413. The van der Waals surface area contributed by atoms with E-state index in [9.17, 15) is 4.79 Å². The molecule has 1 fully saturated rings. The van der Waals surface area contributed by atoms with Gasteiger partial charge in [0.15, 0.2) is 0 Å². The summed E-state index contributed by atoms with van der Waals surface area (Å²) in [5.74, 6) is 0.824. The van der Waals surface area contributed by atoms with Gasteiger partial charge in [-0.15, -0.1) is 0 Å². The molecule has 1 aromatic rings. The summed E-state index contributed by atoms with van der Waals surface area (Å²) < 4.78 is 1.000. The molecule has 1 unspecified atom stereocenters. The van der Waals surface area contributed by atoms with Gasteiger partial charge in [0.1, 0.15) is 0 Å². The van der Waals surface area contributed by atoms with Gasteiger partial charge >= 0.3 is 0 Å². The number of hydrogen-bond acceptors (Lipinski definition) is 2. The molecule has 0 bridgehead atoms. The highest BCUT2D eigenvalue weighted by molar-refractivity contribution is 9.10. The zero-order chi connectivity index (χ0) is 13.7. The van der Waals surface area contributed by atoms with Crippen LogP contribution in [0.2, 0.25) is 0 Å². The first-order chi connectivity index (χ1) is 9.16. The van der Waals surface area contributed by atoms with Crippen LogP contribution >= 0.6 is 15.9 Å². The lowest BCUT2D eigenvalue weighted by Gasteiger charge is -2.25. The van der Waals surface area contributed by atoms with Gasteiger partial charge in [-0.05, 0) is 62.5 Å². The second-order valence-electron chi connectivity index (χ2n) is 5.23. The number of benzene rings is 1. The summed E-state index contributed by atoms with van der Waals surface area (Å²) in [6.07, 6.45) is 3.63. The van der Waals surface area contributed by atoms with Gasteiger partial charge in [0, 0.05) is 23.6 Å². The zero-order valence-corrected chi connectivity index (χ0v) is 12.9. The van der Waals surface area contributed by atoms with Crippen LogP contribution in [0.1, 0.15) is 29.6 Å². The molecule has 0 radical (unpaired) electrons. The van der Waals surface area contributed by atoms with Crippen LogP contribution in [0, 0.1) is 5.92 Å². The molecule has 0 saturated carbocycles. The molecule has 3 nitrogen and oxygen atoms in total. The van der Waals surface area contributed by atoms with Crippen LogP contribution in [-0.2, 0) is 0 Å². The van der Waals surface area contributed by atoms with Crippen LogP contribution in [0.3, 0.4) is 0 Å². The molecule has 1 N–H and O–H groups in total. The van der Waals surface area contributed by atoms with Gasteiger partial charge in [0.2, 0.25) is 0 Å². The Morgan fingerprint density at radius 2 is 2.16 bits per heavy atom. The summed E-state index contributed by atoms with van der Waals surface area (Å²) in [5.41, 5.74) is 0.757. The van der Waals surface area contributed by atoms with E-state index in [2.05, 4.69) is 21.2 Å². The van der Waals surface area contributed by atoms with Crippen molar-refractivity contribution in [1.29, 1.82) is 0 Å². The highest BCUT2D eigenvalue weighted by Crippen LogP contribution is 2.16. The molecule has 0 aliphatic carbocycles. The van der Waals surface area contributed by atoms with Crippen molar-refractivity contribution in [3.05, 3.63) is 34.3 Å². The first-order valence-corrected chi connectivity index (χ1v) is 7.68. The number of halogens is 1. The Hall–Kier alpha value is -0.870. The number of carbonyl (C=O) groups is 1. The summed E-state index contributed by atoms with van der Waals surface area (Å²) in [5, 5.41) is 3.42. The number of amides is 1. The summed E-state index contributed by atoms with van der Waals surface area (Å²) in [4.78, 5) is 14.1. The van der Waals surface area contributed by atoms with Crippen LogP contribution in [0.4, 0.5) is 0 Å². The Kier molecular flexibility index (Phi) is 5.40. The fourth-order valence-corrected chi connectivity index (χ4v) is 2.73. The number of hydrogen-bond donors (Lipinski definition) is 1. The first-order valence-electron chi connectivity index (χ1n) is 6.88. The summed E-state index contributed by atoms with van der Waals surface area (Å²) in [6, 6.07) is 7.55. The van der Waals surface area contributed by atoms with Gasteiger partial charge in [-0.2, -0.15) is 0 Å². The topological polar surface area (TPSA) is 32.3 Å². The molecule has 1 saturated heterocycles. The molecular weight excluding hydrogens is 304 g/mol. The molecule has 4 heteroatoms. The lowest BCUT2D eigenvalue weighted by atomic mass is 9.96. The first kappa shape index (κ1) is 14.5. The maximum absolute atomic E-state index is 12.2. The van der Waals surface area contributed by atoms with Gasteiger partial charge in [-0.1, -0.05) is 15.9 Å². The van der Waals surface area contributed by atoms with E-state index in [1.165, 1.54) is 12.8 Å². The molecule has 19 heavy (non-hydrogen) atoms. The minimum atomic E-state index is 0.108. The third-order valence-corrected chi connectivity index (χ3v) is 4.24. The van der Waals surface area contributed by atoms with Crippen LogP contribution in [0.15, 0.2) is 28.7 Å². The molecule has 1 amide bonds. The molecular formula is C15H21BrN2O. The van der Waals surface area contributed by atoms with Gasteiger partial charge < -0.3 is 10.2 Å². The molecule has 0 spiro atoms. The van der Waals surface area contributed by atoms with Crippen molar-refractivity contribution >= 4 is 21.8 Å². The normalized spacial score (nSPS) is 19.2. The number of rotatable bonds is 4. The Balaban J connectivity index is 1.83. The van der Waals surface area contributed by atoms with E-state index in [0.29, 0.717) is 5.92 Å². The van der Waals surface area contributed by atoms with Crippen LogP contribution < -0.4 is 5.32 Å². The van der Waals surface area contributed by atoms with Crippen molar-refractivity contribution in [3.8, 4) is 0 Å². The van der Waals surface area contributed by atoms with E-state index in [-0.39, 0.29) is 5.91 Å². The molecule has 2 rings (SSSR count). The summed E-state index contributed by atoms with van der Waals surface area (Å²) in [6.45, 7) is 3.08. The SMILES string of the molecule is CN(CCC1CCCNC1)C(=O)c1ccc(Br)cc1. The molecule has 1 aromatic carbocycles. The molecule has 1 aliphatic heterocycles. The predicted octanol–water partition coefficient (Wildman–Crippen LogP) is 2.91. The Morgan fingerprint density at radius 1 is 1.42 bits per heavy atom. The van der Waals surface area contributed by atoms with Crippen molar-refractivity contribution in [2.45, 2.75) is 19.3 Å². The third-order valence-electron chi connectivity index (χ3n) is 3.71. The van der Waals surface area contributed by atoms with E-state index in [4.69, 9.17) is 0 Å². The largest absolute Gasteiger partial charge is 0.342 e. The summed E-state index contributed by atoms with van der Waals surface area (Å²) in [7, 11) is 1.89. The van der Waals surface area contributed by atoms with Crippen molar-refractivity contribution in [1.82, 2.24) is 10.2 Å². The van der Waals surface area contributed by atoms with Crippen molar-refractivity contribution in [2.75, 3.05) is 26.7 Å².